The van der Waals surface area contributed by atoms with Gasteiger partial charge < -0.3 is 5.11 Å². The van der Waals surface area contributed by atoms with Crippen LogP contribution in [0.2, 0.25) is 0 Å². The van der Waals surface area contributed by atoms with E-state index >= 15 is 0 Å². The molecule has 0 aromatic heterocycles. The molecule has 5 aromatic rings. The average Bonchev–Trinajstić information content (AvgIpc) is 2.88. The Bertz CT molecular complexity index is 1030. The van der Waals surface area contributed by atoms with Gasteiger partial charge in [0.1, 0.15) is 34.2 Å². The molecule has 0 radical (unpaired) electrons. The van der Waals surface area contributed by atoms with E-state index in [0.29, 0.717) is 5.75 Å². The van der Waals surface area contributed by atoms with Gasteiger partial charge in [-0.1, -0.05) is 91.0 Å². The molecule has 0 aliphatic rings. The molecule has 0 bridgehead atoms. The quantitative estimate of drug-likeness (QED) is 0.361. The van der Waals surface area contributed by atoms with E-state index in [0.717, 1.165) is 0 Å². The molecule has 0 spiro atoms. The first-order valence-electron chi connectivity index (χ1n) is 10.7. The first kappa shape index (κ1) is 21.6. The molecule has 0 atom stereocenters. The summed E-state index contributed by atoms with van der Waals surface area (Å²) in [5.41, 5.74) is 0. The summed E-state index contributed by atoms with van der Waals surface area (Å²) in [6.07, 6.45) is 0. The molecule has 0 aliphatic heterocycles. The Morgan fingerprint density at radius 2 is 0.531 bits per heavy atom. The van der Waals surface area contributed by atoms with Gasteiger partial charge in [-0.15, -0.1) is 0 Å². The van der Waals surface area contributed by atoms with Crippen molar-refractivity contribution >= 4 is 28.5 Å². The number of aromatic hydroxyl groups is 1. The number of para-hydroxylation sites is 1. The molecular formula is C30H26OP+. The van der Waals surface area contributed by atoms with Gasteiger partial charge in [-0.25, -0.2) is 0 Å². The van der Waals surface area contributed by atoms with Gasteiger partial charge in [-0.2, -0.15) is 0 Å². The summed E-state index contributed by atoms with van der Waals surface area (Å²) in [6.45, 7) is 0. The van der Waals surface area contributed by atoms with Crippen molar-refractivity contribution in [1.29, 1.82) is 0 Å². The van der Waals surface area contributed by atoms with Gasteiger partial charge in [0.2, 0.25) is 0 Å². The molecular weight excluding hydrogens is 407 g/mol. The zero-order valence-corrected chi connectivity index (χ0v) is 18.7. The Morgan fingerprint density at radius 1 is 0.312 bits per heavy atom. The topological polar surface area (TPSA) is 20.2 Å². The van der Waals surface area contributed by atoms with Crippen LogP contribution in [-0.2, 0) is 0 Å². The summed E-state index contributed by atoms with van der Waals surface area (Å²) in [7, 11) is -1.91. The molecule has 5 aromatic carbocycles. The van der Waals surface area contributed by atoms with Crippen LogP contribution < -0.4 is 21.2 Å². The van der Waals surface area contributed by atoms with E-state index in [1.54, 1.807) is 24.3 Å². The van der Waals surface area contributed by atoms with Gasteiger partial charge >= 0.3 is 0 Å². The first-order valence-corrected chi connectivity index (χ1v) is 12.5. The second kappa shape index (κ2) is 10.6. The summed E-state index contributed by atoms with van der Waals surface area (Å²) in [6, 6.07) is 52.5. The second-order valence-electron chi connectivity index (χ2n) is 7.35. The molecule has 0 heterocycles. The van der Waals surface area contributed by atoms with Crippen LogP contribution in [0.1, 0.15) is 0 Å². The number of hydrogen-bond donors (Lipinski definition) is 1. The molecule has 156 valence electrons. The van der Waals surface area contributed by atoms with Crippen molar-refractivity contribution in [3.63, 3.8) is 0 Å². The molecule has 0 aliphatic carbocycles. The highest BCUT2D eigenvalue weighted by molar-refractivity contribution is 8.01. The van der Waals surface area contributed by atoms with Crippen LogP contribution in [0, 0.1) is 0 Å². The third-order valence-electron chi connectivity index (χ3n) is 5.33. The van der Waals surface area contributed by atoms with E-state index in [1.165, 1.54) is 21.2 Å². The lowest BCUT2D eigenvalue weighted by molar-refractivity contribution is 0.475. The fourth-order valence-corrected chi connectivity index (χ4v) is 8.20. The fourth-order valence-electron chi connectivity index (χ4n) is 3.93. The number of hydrogen-bond acceptors (Lipinski definition) is 1. The van der Waals surface area contributed by atoms with Gasteiger partial charge in [0.05, 0.1) is 0 Å². The number of benzene rings is 5. The summed E-state index contributed by atoms with van der Waals surface area (Å²) >= 11 is 0. The highest BCUT2D eigenvalue weighted by atomic mass is 31.2. The minimum absolute atomic E-state index is 0.322. The van der Waals surface area contributed by atoms with Gasteiger partial charge in [0, 0.05) is 0 Å². The van der Waals surface area contributed by atoms with Crippen molar-refractivity contribution in [1.82, 2.24) is 0 Å². The van der Waals surface area contributed by atoms with Gasteiger partial charge in [0.25, 0.3) is 0 Å². The van der Waals surface area contributed by atoms with Crippen molar-refractivity contribution < 1.29 is 5.11 Å². The Hall–Kier alpha value is -3.67. The lowest BCUT2D eigenvalue weighted by atomic mass is 10.3. The van der Waals surface area contributed by atoms with Crippen LogP contribution in [-0.4, -0.2) is 5.11 Å². The van der Waals surface area contributed by atoms with Crippen LogP contribution in [0.5, 0.6) is 5.75 Å². The molecule has 0 fully saturated rings. The standard InChI is InChI=1S/C24H20P.C6H6O/c1-5-13-21(14-6-1)25(22-15-7-2-8-16-22,23-17-9-3-10-18-23)24-19-11-4-12-20-24;7-6-4-2-1-3-5-6/h1-20H;1-5,7H/q+1;. The maximum Gasteiger partial charge on any atom is 0.144 e. The highest BCUT2D eigenvalue weighted by Gasteiger charge is 2.47. The SMILES string of the molecule is Oc1ccccc1.c1ccc([P+](c2ccccc2)(c2ccccc2)c2ccccc2)cc1. The van der Waals surface area contributed by atoms with E-state index in [9.17, 15) is 0 Å². The molecule has 32 heavy (non-hydrogen) atoms. The molecule has 0 saturated heterocycles. The van der Waals surface area contributed by atoms with Crippen molar-refractivity contribution in [2.75, 3.05) is 0 Å². The minimum atomic E-state index is -1.91. The summed E-state index contributed by atoms with van der Waals surface area (Å²) in [5.74, 6) is 0.322. The molecule has 0 amide bonds. The maximum absolute atomic E-state index is 8.63. The van der Waals surface area contributed by atoms with Crippen LogP contribution in [0.4, 0.5) is 0 Å². The lowest BCUT2D eigenvalue weighted by Crippen LogP contribution is -2.38. The smallest absolute Gasteiger partial charge is 0.144 e. The molecule has 5 rings (SSSR count). The predicted octanol–water partition coefficient (Wildman–Crippen LogP) is 5.70. The van der Waals surface area contributed by atoms with Crippen LogP contribution >= 0.6 is 7.26 Å². The molecule has 1 N–H and O–H groups in total. The molecule has 0 unspecified atom stereocenters. The van der Waals surface area contributed by atoms with Gasteiger partial charge in [0.15, 0.2) is 0 Å². The Labute approximate surface area is 191 Å². The normalized spacial score (nSPS) is 10.6. The Morgan fingerprint density at radius 3 is 0.719 bits per heavy atom. The average molecular weight is 434 g/mol. The first-order chi connectivity index (χ1) is 15.8. The van der Waals surface area contributed by atoms with Crippen molar-refractivity contribution in [3.05, 3.63) is 152 Å². The minimum Gasteiger partial charge on any atom is -0.508 e. The van der Waals surface area contributed by atoms with Crippen molar-refractivity contribution in [3.8, 4) is 5.75 Å². The summed E-state index contributed by atoms with van der Waals surface area (Å²) < 4.78 is 0. The van der Waals surface area contributed by atoms with Crippen LogP contribution in [0.25, 0.3) is 0 Å². The predicted molar refractivity (Wildman–Crippen MR) is 139 cm³/mol. The second-order valence-corrected chi connectivity index (χ2v) is 10.8. The molecule has 2 heteroatoms. The van der Waals surface area contributed by atoms with E-state index < -0.39 is 7.26 Å². The van der Waals surface area contributed by atoms with E-state index in [2.05, 4.69) is 121 Å². The van der Waals surface area contributed by atoms with E-state index in [1.807, 2.05) is 6.07 Å². The van der Waals surface area contributed by atoms with Crippen molar-refractivity contribution in [2.24, 2.45) is 0 Å². The monoisotopic (exact) mass is 433 g/mol. The third kappa shape index (κ3) is 4.64. The zero-order valence-electron chi connectivity index (χ0n) is 17.8. The van der Waals surface area contributed by atoms with Gasteiger partial charge in [-0.3, -0.25) is 0 Å². The fraction of sp³-hybridized carbons (Fsp3) is 0. The largest absolute Gasteiger partial charge is 0.508 e. The molecule has 1 nitrogen and oxygen atoms in total. The van der Waals surface area contributed by atoms with Gasteiger partial charge in [-0.05, 0) is 60.7 Å². The third-order valence-corrected chi connectivity index (χ3v) is 9.62. The van der Waals surface area contributed by atoms with E-state index in [-0.39, 0.29) is 0 Å². The van der Waals surface area contributed by atoms with Crippen LogP contribution in [0.3, 0.4) is 0 Å². The Kier molecular flexibility index (Phi) is 7.12. The summed E-state index contributed by atoms with van der Waals surface area (Å²) in [4.78, 5) is 0. The van der Waals surface area contributed by atoms with Crippen LogP contribution in [0.15, 0.2) is 152 Å². The number of rotatable bonds is 4. The van der Waals surface area contributed by atoms with Crippen molar-refractivity contribution in [2.45, 2.75) is 0 Å². The number of phenolic OH excluding ortho intramolecular Hbond substituents is 1. The highest BCUT2D eigenvalue weighted by Crippen LogP contribution is 2.53. The zero-order chi connectivity index (χ0) is 22.1. The number of phenols is 1. The summed E-state index contributed by atoms with van der Waals surface area (Å²) in [5, 5.41) is 14.2. The molecule has 0 saturated carbocycles. The lowest BCUT2D eigenvalue weighted by Gasteiger charge is -2.27. The Balaban J connectivity index is 0.000000300. The van der Waals surface area contributed by atoms with E-state index in [4.69, 9.17) is 5.11 Å². The maximum atomic E-state index is 8.63.